The number of aromatic nitrogens is 4. The van der Waals surface area contributed by atoms with E-state index in [0.29, 0.717) is 5.41 Å². The molecule has 0 bridgehead atoms. The average Bonchev–Trinajstić information content (AvgIpc) is 3.23. The van der Waals surface area contributed by atoms with Gasteiger partial charge < -0.3 is 9.64 Å². The maximum atomic E-state index is 12.3. The van der Waals surface area contributed by atoms with Crippen molar-refractivity contribution in [3.8, 4) is 11.3 Å². The fourth-order valence-electron chi connectivity index (χ4n) is 4.72. The number of ether oxygens (including phenoxy) is 1. The number of carbonyl (C=O) groups excluding carboxylic acids is 1. The Morgan fingerprint density at radius 3 is 2.53 bits per heavy atom. The molecule has 0 aromatic carbocycles. The molecule has 1 amide bonds. The first-order valence-electron chi connectivity index (χ1n) is 11.0. The van der Waals surface area contributed by atoms with E-state index in [1.54, 1.807) is 4.68 Å². The molecular weight excluding hydrogens is 378 g/mol. The standard InChI is InChI=1S/C23H33N5O2/c1-16-19(15-27(5)26-16)20-9-8-18(24-25-20)7-6-17-14-23(17)10-12-28(13-11-23)21(29)30-22(2,3)4/h8-9,15,17H,6-7,10-14H2,1-5H3. The normalized spacial score (nSPS) is 20.4. The number of carbonyl (C=O) groups is 1. The van der Waals surface area contributed by atoms with Crippen LogP contribution in [0.1, 0.15) is 57.8 Å². The highest BCUT2D eigenvalue weighted by molar-refractivity contribution is 5.68. The Labute approximate surface area is 178 Å². The van der Waals surface area contributed by atoms with Gasteiger partial charge >= 0.3 is 6.09 Å². The summed E-state index contributed by atoms with van der Waals surface area (Å²) < 4.78 is 7.32. The van der Waals surface area contributed by atoms with Gasteiger partial charge in [0.1, 0.15) is 5.60 Å². The molecule has 0 N–H and O–H groups in total. The predicted octanol–water partition coefficient (Wildman–Crippen LogP) is 4.16. The largest absolute Gasteiger partial charge is 0.444 e. The Morgan fingerprint density at radius 1 is 1.23 bits per heavy atom. The van der Waals surface area contributed by atoms with E-state index in [4.69, 9.17) is 4.74 Å². The lowest BCUT2D eigenvalue weighted by Gasteiger charge is -2.34. The third-order valence-corrected chi connectivity index (χ3v) is 6.53. The van der Waals surface area contributed by atoms with Crippen LogP contribution in [0.3, 0.4) is 0 Å². The van der Waals surface area contributed by atoms with E-state index in [1.165, 1.54) is 6.42 Å². The third kappa shape index (κ3) is 4.50. The summed E-state index contributed by atoms with van der Waals surface area (Å²) in [4.78, 5) is 14.1. The SMILES string of the molecule is Cc1nn(C)cc1-c1ccc(CCC2CC23CCN(C(=O)OC(C)(C)C)CC3)nn1. The first-order valence-corrected chi connectivity index (χ1v) is 11.0. The summed E-state index contributed by atoms with van der Waals surface area (Å²) in [6.45, 7) is 9.36. The Morgan fingerprint density at radius 2 is 1.97 bits per heavy atom. The molecule has 1 aliphatic heterocycles. The van der Waals surface area contributed by atoms with Gasteiger partial charge in [-0.15, -0.1) is 0 Å². The molecule has 1 saturated carbocycles. The van der Waals surface area contributed by atoms with Crippen molar-refractivity contribution >= 4 is 6.09 Å². The van der Waals surface area contributed by atoms with Crippen LogP contribution < -0.4 is 0 Å². The van der Waals surface area contributed by atoms with Gasteiger partial charge in [0.25, 0.3) is 0 Å². The van der Waals surface area contributed by atoms with Gasteiger partial charge in [0.15, 0.2) is 0 Å². The predicted molar refractivity (Wildman–Crippen MR) is 115 cm³/mol. The zero-order valence-corrected chi connectivity index (χ0v) is 18.8. The highest BCUT2D eigenvalue weighted by Gasteiger charge is 2.54. The van der Waals surface area contributed by atoms with Gasteiger partial charge in [0, 0.05) is 31.9 Å². The minimum atomic E-state index is -0.430. The summed E-state index contributed by atoms with van der Waals surface area (Å²) >= 11 is 0. The van der Waals surface area contributed by atoms with Crippen LogP contribution in [0.5, 0.6) is 0 Å². The molecule has 4 rings (SSSR count). The first kappa shape index (κ1) is 20.8. The van der Waals surface area contributed by atoms with Crippen LogP contribution in [0.15, 0.2) is 18.3 Å². The molecule has 1 saturated heterocycles. The number of nitrogens with zero attached hydrogens (tertiary/aromatic N) is 5. The fourth-order valence-corrected chi connectivity index (χ4v) is 4.72. The molecule has 2 fully saturated rings. The quantitative estimate of drug-likeness (QED) is 0.755. The Balaban J connectivity index is 1.26. The summed E-state index contributed by atoms with van der Waals surface area (Å²) in [6, 6.07) is 4.14. The van der Waals surface area contributed by atoms with Gasteiger partial charge in [-0.1, -0.05) is 0 Å². The summed E-state index contributed by atoms with van der Waals surface area (Å²) in [6.07, 6.45) is 7.36. The molecule has 7 heteroatoms. The number of rotatable bonds is 4. The van der Waals surface area contributed by atoms with Crippen molar-refractivity contribution in [1.82, 2.24) is 24.9 Å². The number of piperidine rings is 1. The summed E-state index contributed by atoms with van der Waals surface area (Å²) in [5.41, 5.74) is 3.93. The molecule has 1 unspecified atom stereocenters. The van der Waals surface area contributed by atoms with E-state index in [0.717, 1.165) is 67.3 Å². The number of hydrogen-bond donors (Lipinski definition) is 0. The molecule has 2 aliphatic rings. The second-order valence-electron chi connectivity index (χ2n) is 9.98. The molecule has 1 aliphatic carbocycles. The summed E-state index contributed by atoms with van der Waals surface area (Å²) in [5, 5.41) is 13.3. The van der Waals surface area contributed by atoms with Crippen LogP contribution in [0, 0.1) is 18.3 Å². The smallest absolute Gasteiger partial charge is 0.410 e. The molecular formula is C23H33N5O2. The number of amides is 1. The van der Waals surface area contributed by atoms with Gasteiger partial charge in [-0.25, -0.2) is 4.79 Å². The monoisotopic (exact) mass is 411 g/mol. The maximum Gasteiger partial charge on any atom is 0.410 e. The van der Waals surface area contributed by atoms with E-state index >= 15 is 0 Å². The molecule has 1 spiro atoms. The number of likely N-dealkylation sites (tertiary alicyclic amines) is 1. The highest BCUT2D eigenvalue weighted by atomic mass is 16.6. The molecule has 2 aromatic rings. The molecule has 30 heavy (non-hydrogen) atoms. The zero-order valence-electron chi connectivity index (χ0n) is 18.8. The van der Waals surface area contributed by atoms with Crippen LogP contribution in [0.4, 0.5) is 4.79 Å². The van der Waals surface area contributed by atoms with E-state index in [9.17, 15) is 4.79 Å². The van der Waals surface area contributed by atoms with Crippen molar-refractivity contribution < 1.29 is 9.53 Å². The van der Waals surface area contributed by atoms with Crippen molar-refractivity contribution in [2.75, 3.05) is 13.1 Å². The van der Waals surface area contributed by atoms with Crippen LogP contribution in [-0.2, 0) is 18.2 Å². The molecule has 162 valence electrons. The fraction of sp³-hybridized carbons (Fsp3) is 0.652. The van der Waals surface area contributed by atoms with E-state index < -0.39 is 5.60 Å². The second kappa shape index (κ2) is 7.67. The Kier molecular flexibility index (Phi) is 5.32. The van der Waals surface area contributed by atoms with Crippen LogP contribution in [0.2, 0.25) is 0 Å². The minimum Gasteiger partial charge on any atom is -0.444 e. The Bertz CT molecular complexity index is 905. The van der Waals surface area contributed by atoms with Crippen molar-refractivity contribution in [2.24, 2.45) is 18.4 Å². The summed E-state index contributed by atoms with van der Waals surface area (Å²) in [7, 11) is 1.92. The highest BCUT2D eigenvalue weighted by Crippen LogP contribution is 2.61. The second-order valence-corrected chi connectivity index (χ2v) is 9.98. The lowest BCUT2D eigenvalue weighted by Crippen LogP contribution is -2.42. The first-order chi connectivity index (χ1) is 14.2. The molecule has 2 aromatic heterocycles. The molecule has 3 heterocycles. The summed E-state index contributed by atoms with van der Waals surface area (Å²) in [5.74, 6) is 0.736. The van der Waals surface area contributed by atoms with Crippen molar-refractivity contribution in [3.05, 3.63) is 29.7 Å². The van der Waals surface area contributed by atoms with Gasteiger partial charge in [-0.2, -0.15) is 15.3 Å². The third-order valence-electron chi connectivity index (χ3n) is 6.53. The van der Waals surface area contributed by atoms with Crippen LogP contribution >= 0.6 is 0 Å². The van der Waals surface area contributed by atoms with Gasteiger partial charge in [0.05, 0.1) is 17.1 Å². The van der Waals surface area contributed by atoms with E-state index in [2.05, 4.69) is 21.4 Å². The van der Waals surface area contributed by atoms with Crippen molar-refractivity contribution in [2.45, 2.75) is 65.4 Å². The molecule has 0 radical (unpaired) electrons. The van der Waals surface area contributed by atoms with Gasteiger partial charge in [0.2, 0.25) is 0 Å². The Hall–Kier alpha value is -2.44. The van der Waals surface area contributed by atoms with E-state index in [-0.39, 0.29) is 6.09 Å². The van der Waals surface area contributed by atoms with Crippen LogP contribution in [0.25, 0.3) is 11.3 Å². The molecule has 1 atom stereocenters. The topological polar surface area (TPSA) is 73.1 Å². The number of aryl methyl sites for hydroxylation is 3. The average molecular weight is 412 g/mol. The van der Waals surface area contributed by atoms with Crippen molar-refractivity contribution in [1.29, 1.82) is 0 Å². The maximum absolute atomic E-state index is 12.3. The lowest BCUT2D eigenvalue weighted by atomic mass is 9.89. The lowest BCUT2D eigenvalue weighted by molar-refractivity contribution is 0.0165. The van der Waals surface area contributed by atoms with Gasteiger partial charge in [-0.3, -0.25) is 4.68 Å². The zero-order chi connectivity index (χ0) is 21.5. The molecule has 7 nitrogen and oxygen atoms in total. The minimum absolute atomic E-state index is 0.172. The van der Waals surface area contributed by atoms with Gasteiger partial charge in [-0.05, 0) is 83.3 Å². The van der Waals surface area contributed by atoms with Crippen LogP contribution in [-0.4, -0.2) is 49.7 Å². The van der Waals surface area contributed by atoms with E-state index in [1.807, 2.05) is 51.9 Å². The number of hydrogen-bond acceptors (Lipinski definition) is 5. The van der Waals surface area contributed by atoms with Crippen molar-refractivity contribution in [3.63, 3.8) is 0 Å².